The Bertz CT molecular complexity index is 1100. The number of fused-ring (bicyclic) bond motifs is 1. The predicted octanol–water partition coefficient (Wildman–Crippen LogP) is 3.41. The molecule has 1 aliphatic heterocycles. The molecule has 0 aliphatic carbocycles. The molecule has 0 radical (unpaired) electrons. The number of phenolic OH excluding ortho intramolecular Hbond substituents is 1. The number of para-hydroxylation sites is 1. The average molecular weight is 423 g/mol. The normalized spacial score (nSPS) is 15.8. The average Bonchev–Trinajstić information content (AvgIpc) is 2.78. The molecule has 0 saturated carbocycles. The summed E-state index contributed by atoms with van der Waals surface area (Å²) in [5.41, 5.74) is 2.55. The summed E-state index contributed by atoms with van der Waals surface area (Å²) in [6.07, 6.45) is 0.997. The lowest BCUT2D eigenvalue weighted by Gasteiger charge is -2.34. The number of aromatic hydroxyl groups is 1. The van der Waals surface area contributed by atoms with Gasteiger partial charge in [-0.3, -0.25) is 4.79 Å². The fraction of sp³-hybridized carbons (Fsp3) is 0.375. The third kappa shape index (κ3) is 4.46. The summed E-state index contributed by atoms with van der Waals surface area (Å²) in [7, 11) is 0. The molecule has 1 atom stereocenters. The molecule has 4 rings (SSSR count). The van der Waals surface area contributed by atoms with Crippen LogP contribution >= 0.6 is 0 Å². The van der Waals surface area contributed by atoms with Gasteiger partial charge in [0.1, 0.15) is 17.7 Å². The number of aliphatic hydroxyl groups is 1. The summed E-state index contributed by atoms with van der Waals surface area (Å²) < 4.78 is 0. The van der Waals surface area contributed by atoms with Crippen molar-refractivity contribution in [3.63, 3.8) is 0 Å². The number of amides is 1. The number of carbonyl (C=O) groups is 1. The van der Waals surface area contributed by atoms with Crippen molar-refractivity contribution in [2.75, 3.05) is 18.0 Å². The van der Waals surface area contributed by atoms with E-state index in [-0.39, 0.29) is 19.1 Å². The van der Waals surface area contributed by atoms with Crippen LogP contribution in [0.4, 0.5) is 5.82 Å². The Balaban J connectivity index is 0.00000289. The summed E-state index contributed by atoms with van der Waals surface area (Å²) in [6.45, 7) is 5.28. The Morgan fingerprint density at radius 2 is 1.97 bits per heavy atom. The minimum Gasteiger partial charge on any atom is -0.507 e. The van der Waals surface area contributed by atoms with E-state index in [4.69, 9.17) is 9.97 Å². The highest BCUT2D eigenvalue weighted by atomic mass is 16.3. The van der Waals surface area contributed by atoms with Gasteiger partial charge in [-0.1, -0.05) is 25.1 Å². The molecule has 2 heterocycles. The molecule has 7 nitrogen and oxygen atoms in total. The topological polar surface area (TPSA) is 98.6 Å². The molecular formula is C24H30N4O3. The van der Waals surface area contributed by atoms with E-state index in [0.29, 0.717) is 17.8 Å². The maximum Gasteiger partial charge on any atom is 0.249 e. The van der Waals surface area contributed by atoms with E-state index in [1.54, 1.807) is 19.1 Å². The van der Waals surface area contributed by atoms with Crippen molar-refractivity contribution in [3.05, 3.63) is 48.0 Å². The van der Waals surface area contributed by atoms with Gasteiger partial charge in [-0.2, -0.15) is 0 Å². The second-order valence-electron chi connectivity index (χ2n) is 8.10. The first kappa shape index (κ1) is 21.1. The van der Waals surface area contributed by atoms with Crippen molar-refractivity contribution < 1.29 is 16.4 Å². The molecule has 3 aromatic rings. The molecule has 0 bridgehead atoms. The Hall–Kier alpha value is -3.19. The molecule has 2 aromatic carbocycles. The summed E-state index contributed by atoms with van der Waals surface area (Å²) in [6, 6.07) is 13.3. The third-order valence-electron chi connectivity index (χ3n) is 5.81. The first-order valence-corrected chi connectivity index (χ1v) is 10.8. The maximum absolute atomic E-state index is 12.0. The highest BCUT2D eigenvalue weighted by molar-refractivity contribution is 5.92. The van der Waals surface area contributed by atoms with Crippen LogP contribution < -0.4 is 10.2 Å². The lowest BCUT2D eigenvalue weighted by molar-refractivity contribution is -0.130. The van der Waals surface area contributed by atoms with Gasteiger partial charge in [0.2, 0.25) is 5.91 Å². The largest absolute Gasteiger partial charge is 0.507 e. The second-order valence-corrected chi connectivity index (χ2v) is 8.10. The predicted molar refractivity (Wildman–Crippen MR) is 123 cm³/mol. The summed E-state index contributed by atoms with van der Waals surface area (Å²) in [5.74, 6) is 1.18. The summed E-state index contributed by atoms with van der Waals surface area (Å²) in [4.78, 5) is 23.8. The Morgan fingerprint density at radius 3 is 2.68 bits per heavy atom. The second kappa shape index (κ2) is 8.89. The van der Waals surface area contributed by atoms with Crippen LogP contribution in [0.25, 0.3) is 22.3 Å². The molecule has 1 fully saturated rings. The minimum atomic E-state index is -0.951. The Morgan fingerprint density at radius 1 is 1.23 bits per heavy atom. The number of piperidine rings is 1. The molecule has 0 spiro atoms. The van der Waals surface area contributed by atoms with Crippen LogP contribution in [0.2, 0.25) is 0 Å². The number of rotatable bonds is 5. The highest BCUT2D eigenvalue weighted by Crippen LogP contribution is 2.33. The third-order valence-corrected chi connectivity index (χ3v) is 5.81. The molecule has 1 aliphatic rings. The Labute approximate surface area is 183 Å². The Kier molecular flexibility index (Phi) is 6.04. The number of phenols is 1. The number of hydrogen-bond acceptors (Lipinski definition) is 6. The number of aliphatic hydroxyl groups excluding tert-OH is 1. The van der Waals surface area contributed by atoms with Crippen molar-refractivity contribution in [1.29, 1.82) is 0 Å². The van der Waals surface area contributed by atoms with Crippen molar-refractivity contribution in [1.82, 2.24) is 15.3 Å². The van der Waals surface area contributed by atoms with Gasteiger partial charge in [0.15, 0.2) is 5.82 Å². The molecule has 1 amide bonds. The number of aryl methyl sites for hydroxylation is 1. The maximum atomic E-state index is 12.0. The van der Waals surface area contributed by atoms with Gasteiger partial charge in [-0.05, 0) is 56.0 Å². The highest BCUT2D eigenvalue weighted by Gasteiger charge is 2.25. The molecule has 1 aromatic heterocycles. The first-order valence-electron chi connectivity index (χ1n) is 10.8. The molecule has 7 heteroatoms. The van der Waals surface area contributed by atoms with Gasteiger partial charge in [0.05, 0.1) is 11.1 Å². The van der Waals surface area contributed by atoms with Crippen LogP contribution in [0.15, 0.2) is 42.5 Å². The molecule has 0 unspecified atom stereocenters. The number of aromatic nitrogens is 2. The number of nitrogens with zero attached hydrogens (tertiary/aromatic N) is 3. The zero-order chi connectivity index (χ0) is 22.0. The fourth-order valence-electron chi connectivity index (χ4n) is 3.97. The van der Waals surface area contributed by atoms with E-state index in [0.717, 1.165) is 48.2 Å². The molecule has 31 heavy (non-hydrogen) atoms. The van der Waals surface area contributed by atoms with Crippen molar-refractivity contribution in [3.8, 4) is 17.1 Å². The van der Waals surface area contributed by atoms with Crippen LogP contribution in [0.1, 0.15) is 33.2 Å². The molecule has 164 valence electrons. The molecule has 3 N–H and O–H groups in total. The molecular weight excluding hydrogens is 392 g/mol. The van der Waals surface area contributed by atoms with Gasteiger partial charge in [-0.15, -0.1) is 0 Å². The van der Waals surface area contributed by atoms with E-state index in [2.05, 4.69) is 10.2 Å². The SMILES string of the molecule is CC[C@H](O)C(=O)NC1CCN(c2nc(-c3ccccc3O)nc3cc(C)ccc23)CC1.[HH]. The van der Waals surface area contributed by atoms with Gasteiger partial charge in [0.25, 0.3) is 0 Å². The number of nitrogens with one attached hydrogen (secondary N) is 1. The lowest BCUT2D eigenvalue weighted by Crippen LogP contribution is -2.47. The van der Waals surface area contributed by atoms with Crippen molar-refractivity contribution in [2.24, 2.45) is 0 Å². The summed E-state index contributed by atoms with van der Waals surface area (Å²) in [5, 5.41) is 24.0. The van der Waals surface area contributed by atoms with Gasteiger partial charge >= 0.3 is 0 Å². The van der Waals surface area contributed by atoms with Gasteiger partial charge in [0, 0.05) is 25.9 Å². The lowest BCUT2D eigenvalue weighted by atomic mass is 10.0. The first-order chi connectivity index (χ1) is 15.0. The van der Waals surface area contributed by atoms with Crippen LogP contribution in [0.3, 0.4) is 0 Å². The molecule has 1 saturated heterocycles. The standard InChI is InChI=1S/C24H28N4O3.H2/c1-3-20(29)24(31)25-16-10-12-28(13-11-16)23-17-9-8-15(2)14-19(17)26-22(27-23)18-6-4-5-7-21(18)30;/h4-9,14,16,20,29-30H,3,10-13H2,1-2H3,(H,25,31);1H/t20-;/m0./s1. The quantitative estimate of drug-likeness (QED) is 0.583. The van der Waals surface area contributed by atoms with Gasteiger partial charge < -0.3 is 20.4 Å². The minimum absolute atomic E-state index is 0. The zero-order valence-corrected chi connectivity index (χ0v) is 17.9. The zero-order valence-electron chi connectivity index (χ0n) is 17.9. The number of carbonyl (C=O) groups excluding carboxylic acids is 1. The summed E-state index contributed by atoms with van der Waals surface area (Å²) >= 11 is 0. The van der Waals surface area contributed by atoms with Crippen LogP contribution in [0, 0.1) is 6.92 Å². The van der Waals surface area contributed by atoms with E-state index < -0.39 is 6.10 Å². The number of hydrogen-bond donors (Lipinski definition) is 3. The number of benzene rings is 2. The number of anilines is 1. The van der Waals surface area contributed by atoms with Crippen LogP contribution in [-0.4, -0.2) is 51.3 Å². The fourth-order valence-corrected chi connectivity index (χ4v) is 3.97. The van der Waals surface area contributed by atoms with Crippen LogP contribution in [-0.2, 0) is 4.79 Å². The van der Waals surface area contributed by atoms with E-state index in [1.807, 2.05) is 37.3 Å². The van der Waals surface area contributed by atoms with Crippen LogP contribution in [0.5, 0.6) is 5.75 Å². The van der Waals surface area contributed by atoms with Crippen molar-refractivity contribution in [2.45, 2.75) is 45.3 Å². The monoisotopic (exact) mass is 422 g/mol. The van der Waals surface area contributed by atoms with E-state index in [1.165, 1.54) is 0 Å². The van der Waals surface area contributed by atoms with Crippen molar-refractivity contribution >= 4 is 22.6 Å². The van der Waals surface area contributed by atoms with E-state index >= 15 is 0 Å². The smallest absolute Gasteiger partial charge is 0.249 e. The van der Waals surface area contributed by atoms with E-state index in [9.17, 15) is 15.0 Å². The van der Waals surface area contributed by atoms with Gasteiger partial charge in [-0.25, -0.2) is 9.97 Å².